The molecule has 1 heterocycles. The molecule has 1 aromatic carbocycles. The first-order chi connectivity index (χ1) is 9.25. The van der Waals surface area contributed by atoms with E-state index in [1.165, 1.54) is 0 Å². The highest BCUT2D eigenvalue weighted by Crippen LogP contribution is 2.16. The molecule has 1 fully saturated rings. The monoisotopic (exact) mass is 328 g/mol. The largest absolute Gasteiger partial charge is 0.389 e. The number of halogens is 1. The van der Waals surface area contributed by atoms with Crippen molar-refractivity contribution in [1.29, 1.82) is 0 Å². The van der Waals surface area contributed by atoms with Gasteiger partial charge in [-0.05, 0) is 11.6 Å². The lowest BCUT2D eigenvalue weighted by atomic mass is 10.2. The van der Waals surface area contributed by atoms with Crippen LogP contribution in [0.15, 0.2) is 28.7 Å². The van der Waals surface area contributed by atoms with Gasteiger partial charge in [-0.1, -0.05) is 34.1 Å². The third kappa shape index (κ3) is 5.20. The third-order valence-electron chi connectivity index (χ3n) is 3.20. The van der Waals surface area contributed by atoms with Crippen molar-refractivity contribution >= 4 is 15.9 Å². The highest BCUT2D eigenvalue weighted by atomic mass is 79.9. The number of piperazine rings is 1. The van der Waals surface area contributed by atoms with E-state index in [2.05, 4.69) is 26.1 Å². The van der Waals surface area contributed by atoms with Crippen molar-refractivity contribution in [3.63, 3.8) is 0 Å². The molecule has 0 amide bonds. The Balaban J connectivity index is 1.66. The number of hydrogen-bond donors (Lipinski definition) is 2. The maximum atomic E-state index is 9.95. The van der Waals surface area contributed by atoms with Gasteiger partial charge in [-0.15, -0.1) is 0 Å². The SMILES string of the molecule is OC(COCc1ccccc1Br)CN1CCNCC1. The lowest BCUT2D eigenvalue weighted by Crippen LogP contribution is -2.47. The zero-order valence-corrected chi connectivity index (χ0v) is 12.6. The molecule has 106 valence electrons. The molecule has 1 unspecified atom stereocenters. The molecule has 19 heavy (non-hydrogen) atoms. The van der Waals surface area contributed by atoms with Gasteiger partial charge in [0.25, 0.3) is 0 Å². The normalized spacial score (nSPS) is 18.4. The molecule has 1 saturated heterocycles. The Morgan fingerprint density at radius 1 is 1.32 bits per heavy atom. The Hall–Kier alpha value is -0.460. The molecular formula is C14H21BrN2O2. The fraction of sp³-hybridized carbons (Fsp3) is 0.571. The van der Waals surface area contributed by atoms with Crippen molar-refractivity contribution in [1.82, 2.24) is 10.2 Å². The summed E-state index contributed by atoms with van der Waals surface area (Å²) in [4.78, 5) is 2.27. The highest BCUT2D eigenvalue weighted by Gasteiger charge is 2.14. The zero-order valence-electron chi connectivity index (χ0n) is 11.0. The average Bonchev–Trinajstić information content (AvgIpc) is 2.42. The second-order valence-electron chi connectivity index (χ2n) is 4.81. The summed E-state index contributed by atoms with van der Waals surface area (Å²) in [5.41, 5.74) is 1.11. The van der Waals surface area contributed by atoms with Gasteiger partial charge < -0.3 is 15.2 Å². The molecule has 0 aromatic heterocycles. The van der Waals surface area contributed by atoms with Crippen LogP contribution in [0.3, 0.4) is 0 Å². The van der Waals surface area contributed by atoms with Crippen molar-refractivity contribution in [2.45, 2.75) is 12.7 Å². The fourth-order valence-electron chi connectivity index (χ4n) is 2.16. The zero-order chi connectivity index (χ0) is 13.5. The number of hydrogen-bond acceptors (Lipinski definition) is 4. The van der Waals surface area contributed by atoms with E-state index in [-0.39, 0.29) is 0 Å². The minimum atomic E-state index is -0.416. The van der Waals surface area contributed by atoms with E-state index in [0.717, 1.165) is 36.2 Å². The minimum Gasteiger partial charge on any atom is -0.389 e. The van der Waals surface area contributed by atoms with Crippen molar-refractivity contribution in [2.24, 2.45) is 0 Å². The summed E-state index contributed by atoms with van der Waals surface area (Å²) >= 11 is 3.49. The maximum Gasteiger partial charge on any atom is 0.0900 e. The number of nitrogens with zero attached hydrogens (tertiary/aromatic N) is 1. The average molecular weight is 329 g/mol. The smallest absolute Gasteiger partial charge is 0.0900 e. The van der Waals surface area contributed by atoms with E-state index in [9.17, 15) is 5.11 Å². The molecule has 1 aliphatic heterocycles. The maximum absolute atomic E-state index is 9.95. The molecule has 1 aromatic rings. The summed E-state index contributed by atoms with van der Waals surface area (Å²) in [6.07, 6.45) is -0.416. The third-order valence-corrected chi connectivity index (χ3v) is 3.98. The van der Waals surface area contributed by atoms with Crippen molar-refractivity contribution in [3.8, 4) is 0 Å². The summed E-state index contributed by atoms with van der Waals surface area (Å²) in [6, 6.07) is 7.98. The second kappa shape index (κ2) is 7.97. The summed E-state index contributed by atoms with van der Waals surface area (Å²) < 4.78 is 6.63. The molecule has 0 aliphatic carbocycles. The molecule has 4 nitrogen and oxygen atoms in total. The first-order valence-corrected chi connectivity index (χ1v) is 7.47. The van der Waals surface area contributed by atoms with E-state index in [0.29, 0.717) is 19.8 Å². The molecule has 0 radical (unpaired) electrons. The van der Waals surface area contributed by atoms with Gasteiger partial charge in [0.2, 0.25) is 0 Å². The molecule has 0 saturated carbocycles. The van der Waals surface area contributed by atoms with Crippen molar-refractivity contribution < 1.29 is 9.84 Å². The van der Waals surface area contributed by atoms with Gasteiger partial charge >= 0.3 is 0 Å². The van der Waals surface area contributed by atoms with E-state index in [4.69, 9.17) is 4.74 Å². The predicted octanol–water partition coefficient (Wildman–Crippen LogP) is 1.23. The van der Waals surface area contributed by atoms with Crippen LogP contribution in [0.5, 0.6) is 0 Å². The summed E-state index contributed by atoms with van der Waals surface area (Å²) in [5.74, 6) is 0. The predicted molar refractivity (Wildman–Crippen MR) is 79.1 cm³/mol. The standard InChI is InChI=1S/C14H21BrN2O2/c15-14-4-2-1-3-12(14)10-19-11-13(18)9-17-7-5-16-6-8-17/h1-4,13,16,18H,5-11H2. The van der Waals surface area contributed by atoms with Gasteiger partial charge in [-0.25, -0.2) is 0 Å². The van der Waals surface area contributed by atoms with Crippen LogP contribution in [0.1, 0.15) is 5.56 Å². The molecule has 5 heteroatoms. The van der Waals surface area contributed by atoms with E-state index < -0.39 is 6.10 Å². The quantitative estimate of drug-likeness (QED) is 0.824. The number of aliphatic hydroxyl groups excluding tert-OH is 1. The lowest BCUT2D eigenvalue weighted by molar-refractivity contribution is 0.00808. The molecule has 2 rings (SSSR count). The molecular weight excluding hydrogens is 308 g/mol. The van der Waals surface area contributed by atoms with Crippen LogP contribution in [0.2, 0.25) is 0 Å². The number of aliphatic hydroxyl groups is 1. The molecule has 1 aliphatic rings. The van der Waals surface area contributed by atoms with Crippen LogP contribution in [-0.4, -0.2) is 55.4 Å². The van der Waals surface area contributed by atoms with Crippen LogP contribution < -0.4 is 5.32 Å². The van der Waals surface area contributed by atoms with Gasteiger partial charge in [-0.3, -0.25) is 4.90 Å². The number of ether oxygens (including phenoxy) is 1. The van der Waals surface area contributed by atoms with E-state index in [1.807, 2.05) is 24.3 Å². The molecule has 2 N–H and O–H groups in total. The number of rotatable bonds is 6. The lowest BCUT2D eigenvalue weighted by Gasteiger charge is -2.28. The first-order valence-electron chi connectivity index (χ1n) is 6.68. The van der Waals surface area contributed by atoms with Gasteiger partial charge in [-0.2, -0.15) is 0 Å². The van der Waals surface area contributed by atoms with E-state index >= 15 is 0 Å². The summed E-state index contributed by atoms with van der Waals surface area (Å²) in [6.45, 7) is 5.61. The van der Waals surface area contributed by atoms with Crippen LogP contribution in [0.4, 0.5) is 0 Å². The van der Waals surface area contributed by atoms with Crippen LogP contribution in [-0.2, 0) is 11.3 Å². The number of β-amino-alcohol motifs (C(OH)–C–C–N with tert-alkyl or cyclic N) is 1. The van der Waals surface area contributed by atoms with Crippen molar-refractivity contribution in [2.75, 3.05) is 39.3 Å². The van der Waals surface area contributed by atoms with Gasteiger partial charge in [0.15, 0.2) is 0 Å². The molecule has 0 spiro atoms. The van der Waals surface area contributed by atoms with E-state index in [1.54, 1.807) is 0 Å². The minimum absolute atomic E-state index is 0.380. The Labute approximate surface area is 122 Å². The van der Waals surface area contributed by atoms with Crippen LogP contribution in [0.25, 0.3) is 0 Å². The Bertz CT molecular complexity index is 383. The van der Waals surface area contributed by atoms with Gasteiger partial charge in [0, 0.05) is 37.2 Å². The summed E-state index contributed by atoms with van der Waals surface area (Å²) in [7, 11) is 0. The Morgan fingerprint density at radius 3 is 2.79 bits per heavy atom. The number of nitrogens with one attached hydrogen (secondary N) is 1. The second-order valence-corrected chi connectivity index (χ2v) is 5.67. The molecule has 0 bridgehead atoms. The van der Waals surface area contributed by atoms with Crippen LogP contribution in [0, 0.1) is 0 Å². The van der Waals surface area contributed by atoms with Gasteiger partial charge in [0.05, 0.1) is 19.3 Å². The fourth-order valence-corrected chi connectivity index (χ4v) is 2.56. The highest BCUT2D eigenvalue weighted by molar-refractivity contribution is 9.10. The first kappa shape index (κ1) is 14.9. The van der Waals surface area contributed by atoms with Gasteiger partial charge in [0.1, 0.15) is 0 Å². The van der Waals surface area contributed by atoms with Crippen LogP contribution >= 0.6 is 15.9 Å². The topological polar surface area (TPSA) is 44.7 Å². The Kier molecular flexibility index (Phi) is 6.26. The number of benzene rings is 1. The van der Waals surface area contributed by atoms with Crippen molar-refractivity contribution in [3.05, 3.63) is 34.3 Å². The summed E-state index contributed by atoms with van der Waals surface area (Å²) in [5, 5.41) is 13.2. The molecule has 1 atom stereocenters. The Morgan fingerprint density at radius 2 is 2.05 bits per heavy atom.